The van der Waals surface area contributed by atoms with Crippen LogP contribution in [0.25, 0.3) is 0 Å². The first-order chi connectivity index (χ1) is 8.02. The average molecular weight is 249 g/mol. The van der Waals surface area contributed by atoms with Gasteiger partial charge in [-0.3, -0.25) is 0 Å². The molecular formula is C14H17ClN2. The average Bonchev–Trinajstić information content (AvgIpc) is 2.33. The molecule has 0 bridgehead atoms. The van der Waals surface area contributed by atoms with E-state index in [1.165, 1.54) is 0 Å². The second kappa shape index (κ2) is 6.16. The molecule has 0 spiro atoms. The Hall–Kier alpha value is -1.67. The van der Waals surface area contributed by atoms with Gasteiger partial charge >= 0.3 is 0 Å². The van der Waals surface area contributed by atoms with Gasteiger partial charge in [-0.1, -0.05) is 29.8 Å². The highest BCUT2D eigenvalue weighted by molar-refractivity contribution is 6.31. The Morgan fingerprint density at radius 2 is 1.41 bits per heavy atom. The van der Waals surface area contributed by atoms with Crippen LogP contribution in [0.1, 0.15) is 11.1 Å². The fourth-order valence-electron chi connectivity index (χ4n) is 1.26. The van der Waals surface area contributed by atoms with E-state index in [0.29, 0.717) is 0 Å². The Morgan fingerprint density at radius 3 is 1.82 bits per heavy atom. The maximum absolute atomic E-state index is 5.83. The largest absolute Gasteiger partial charge is 0.399 e. The topological polar surface area (TPSA) is 52.0 Å². The number of nitrogens with two attached hydrogens (primary N) is 2. The van der Waals surface area contributed by atoms with Crippen molar-refractivity contribution in [2.24, 2.45) is 0 Å². The molecule has 0 aliphatic rings. The predicted molar refractivity (Wildman–Crippen MR) is 76.2 cm³/mol. The number of halogens is 1. The van der Waals surface area contributed by atoms with Crippen molar-refractivity contribution in [2.75, 3.05) is 11.5 Å². The van der Waals surface area contributed by atoms with Gasteiger partial charge in [0, 0.05) is 16.4 Å². The van der Waals surface area contributed by atoms with Crippen LogP contribution in [-0.2, 0) is 0 Å². The van der Waals surface area contributed by atoms with Gasteiger partial charge in [0.25, 0.3) is 0 Å². The number of hydrogen-bond acceptors (Lipinski definition) is 2. The van der Waals surface area contributed by atoms with Gasteiger partial charge in [0.1, 0.15) is 0 Å². The number of hydrogen-bond donors (Lipinski definition) is 2. The van der Waals surface area contributed by atoms with Crippen LogP contribution in [0.15, 0.2) is 42.5 Å². The third-order valence-electron chi connectivity index (χ3n) is 2.56. The standard InChI is InChI=1S/C8H10ClN.C6H7N/c1-5-6(2)8(10)4-3-7(5)9;7-6-4-2-1-3-5-6/h3-4H,10H2,1-2H3;1-5H,7H2. The van der Waals surface area contributed by atoms with Crippen LogP contribution in [0.5, 0.6) is 0 Å². The summed E-state index contributed by atoms with van der Waals surface area (Å²) in [6, 6.07) is 13.1. The molecule has 0 fully saturated rings. The third kappa shape index (κ3) is 4.00. The van der Waals surface area contributed by atoms with E-state index in [9.17, 15) is 0 Å². The van der Waals surface area contributed by atoms with Crippen LogP contribution in [0.3, 0.4) is 0 Å². The molecule has 0 saturated heterocycles. The van der Waals surface area contributed by atoms with Crippen molar-refractivity contribution in [3.05, 3.63) is 58.6 Å². The third-order valence-corrected chi connectivity index (χ3v) is 2.97. The van der Waals surface area contributed by atoms with E-state index in [0.717, 1.165) is 27.5 Å². The predicted octanol–water partition coefficient (Wildman–Crippen LogP) is 3.81. The first-order valence-electron chi connectivity index (χ1n) is 5.34. The van der Waals surface area contributed by atoms with Crippen molar-refractivity contribution in [3.8, 4) is 0 Å². The Balaban J connectivity index is 0.000000181. The number of para-hydroxylation sites is 1. The first kappa shape index (κ1) is 13.4. The van der Waals surface area contributed by atoms with Gasteiger partial charge in [0.05, 0.1) is 0 Å². The molecule has 0 aromatic heterocycles. The van der Waals surface area contributed by atoms with E-state index in [1.54, 1.807) is 0 Å². The second-order valence-electron chi connectivity index (χ2n) is 3.80. The maximum atomic E-state index is 5.83. The maximum Gasteiger partial charge on any atom is 0.0439 e. The van der Waals surface area contributed by atoms with Crippen molar-refractivity contribution in [1.29, 1.82) is 0 Å². The van der Waals surface area contributed by atoms with Gasteiger partial charge in [-0.05, 0) is 49.2 Å². The lowest BCUT2D eigenvalue weighted by Gasteiger charge is -2.04. The minimum absolute atomic E-state index is 0.784. The molecule has 0 unspecified atom stereocenters. The zero-order chi connectivity index (χ0) is 12.8. The normalized spacial score (nSPS) is 9.35. The summed E-state index contributed by atoms with van der Waals surface area (Å²) in [6.07, 6.45) is 0. The number of benzene rings is 2. The van der Waals surface area contributed by atoms with Crippen molar-refractivity contribution in [3.63, 3.8) is 0 Å². The zero-order valence-electron chi connectivity index (χ0n) is 10.1. The lowest BCUT2D eigenvalue weighted by Crippen LogP contribution is -1.91. The molecule has 0 amide bonds. The monoisotopic (exact) mass is 248 g/mol. The molecule has 0 saturated carbocycles. The Labute approximate surface area is 107 Å². The molecule has 2 rings (SSSR count). The quantitative estimate of drug-likeness (QED) is 0.697. The fraction of sp³-hybridized carbons (Fsp3) is 0.143. The minimum Gasteiger partial charge on any atom is -0.399 e. The van der Waals surface area contributed by atoms with E-state index in [2.05, 4.69) is 0 Å². The van der Waals surface area contributed by atoms with Crippen LogP contribution in [0, 0.1) is 13.8 Å². The fourth-order valence-corrected chi connectivity index (χ4v) is 1.47. The van der Waals surface area contributed by atoms with Crippen molar-refractivity contribution in [1.82, 2.24) is 0 Å². The second-order valence-corrected chi connectivity index (χ2v) is 4.20. The molecule has 0 atom stereocenters. The lowest BCUT2D eigenvalue weighted by molar-refractivity contribution is 1.34. The van der Waals surface area contributed by atoms with Gasteiger partial charge < -0.3 is 11.5 Å². The van der Waals surface area contributed by atoms with Crippen molar-refractivity contribution >= 4 is 23.0 Å². The van der Waals surface area contributed by atoms with Crippen LogP contribution < -0.4 is 11.5 Å². The van der Waals surface area contributed by atoms with E-state index < -0.39 is 0 Å². The van der Waals surface area contributed by atoms with Gasteiger partial charge in [-0.15, -0.1) is 0 Å². The lowest BCUT2D eigenvalue weighted by atomic mass is 10.1. The summed E-state index contributed by atoms with van der Waals surface area (Å²) in [5, 5.41) is 0.784. The van der Waals surface area contributed by atoms with E-state index >= 15 is 0 Å². The highest BCUT2D eigenvalue weighted by Gasteiger charge is 1.99. The molecule has 0 heterocycles. The van der Waals surface area contributed by atoms with Gasteiger partial charge in [0.2, 0.25) is 0 Å². The Bertz CT molecular complexity index is 454. The minimum atomic E-state index is 0.784. The van der Waals surface area contributed by atoms with Crippen molar-refractivity contribution < 1.29 is 0 Å². The number of anilines is 2. The first-order valence-corrected chi connectivity index (χ1v) is 5.72. The number of rotatable bonds is 0. The summed E-state index contributed by atoms with van der Waals surface area (Å²) in [6.45, 7) is 3.94. The molecule has 3 heteroatoms. The van der Waals surface area contributed by atoms with Crippen molar-refractivity contribution in [2.45, 2.75) is 13.8 Å². The van der Waals surface area contributed by atoms with Crippen LogP contribution in [0.4, 0.5) is 11.4 Å². The highest BCUT2D eigenvalue weighted by atomic mass is 35.5. The molecule has 0 radical (unpaired) electrons. The molecule has 17 heavy (non-hydrogen) atoms. The van der Waals surface area contributed by atoms with Gasteiger partial charge in [-0.2, -0.15) is 0 Å². The highest BCUT2D eigenvalue weighted by Crippen LogP contribution is 2.22. The molecule has 0 aliphatic heterocycles. The summed E-state index contributed by atoms with van der Waals surface area (Å²) in [4.78, 5) is 0. The Kier molecular flexibility index (Phi) is 4.85. The van der Waals surface area contributed by atoms with E-state index in [-0.39, 0.29) is 0 Å². The molecule has 2 aromatic rings. The molecule has 2 aromatic carbocycles. The van der Waals surface area contributed by atoms with Gasteiger partial charge in [0.15, 0.2) is 0 Å². The zero-order valence-corrected chi connectivity index (χ0v) is 10.8. The van der Waals surface area contributed by atoms with Gasteiger partial charge in [-0.25, -0.2) is 0 Å². The SMILES string of the molecule is Cc1c(N)ccc(Cl)c1C.Nc1ccccc1. The number of nitrogen functional groups attached to an aromatic ring is 2. The summed E-state index contributed by atoms with van der Waals surface area (Å²) in [7, 11) is 0. The smallest absolute Gasteiger partial charge is 0.0439 e. The Morgan fingerprint density at radius 1 is 0.824 bits per heavy atom. The molecule has 4 N–H and O–H groups in total. The molecule has 2 nitrogen and oxygen atoms in total. The summed E-state index contributed by atoms with van der Waals surface area (Å²) >= 11 is 5.83. The summed E-state index contributed by atoms with van der Waals surface area (Å²) in [5.74, 6) is 0. The van der Waals surface area contributed by atoms with Crippen LogP contribution in [-0.4, -0.2) is 0 Å². The van der Waals surface area contributed by atoms with E-state index in [1.807, 2.05) is 56.3 Å². The molecule has 0 aliphatic carbocycles. The molecule has 90 valence electrons. The van der Waals surface area contributed by atoms with Crippen LogP contribution >= 0.6 is 11.6 Å². The van der Waals surface area contributed by atoms with Crippen LogP contribution in [0.2, 0.25) is 5.02 Å². The summed E-state index contributed by atoms with van der Waals surface area (Å²) < 4.78 is 0. The summed E-state index contributed by atoms with van der Waals surface area (Å²) in [5.41, 5.74) is 14.8. The van der Waals surface area contributed by atoms with E-state index in [4.69, 9.17) is 23.1 Å². The molecular weight excluding hydrogens is 232 g/mol.